The van der Waals surface area contributed by atoms with Gasteiger partial charge in [-0.15, -0.1) is 0 Å². The third-order valence-electron chi connectivity index (χ3n) is 9.50. The Morgan fingerprint density at radius 1 is 0.622 bits per heavy atom. The minimum absolute atomic E-state index is 0.421. The Morgan fingerprint density at radius 2 is 1.05 bits per heavy atom. The summed E-state index contributed by atoms with van der Waals surface area (Å²) < 4.78 is 0. The molecule has 0 bridgehead atoms. The molecule has 3 saturated heterocycles. The molecule has 3 aliphatic heterocycles. The maximum atomic E-state index is 11.4. The highest BCUT2D eigenvalue weighted by atomic mass is 17.4. The number of rotatable bonds is 5. The van der Waals surface area contributed by atoms with Crippen LogP contribution in [-0.4, -0.2) is 52.7 Å². The third-order valence-corrected chi connectivity index (χ3v) is 9.50. The van der Waals surface area contributed by atoms with E-state index in [1.165, 1.54) is 50.5 Å². The molecule has 1 N–H and O–H groups in total. The molecule has 206 valence electrons. The first-order chi connectivity index (χ1) is 18.1. The summed E-state index contributed by atoms with van der Waals surface area (Å²) in [5, 5.41) is 11.4. The van der Waals surface area contributed by atoms with Crippen LogP contribution in [0.1, 0.15) is 119 Å². The molecule has 2 saturated carbocycles. The number of hydrogen-bond acceptors (Lipinski definition) is 7. The molecule has 0 unspecified atom stereocenters. The number of likely N-dealkylation sites (tertiary alicyclic amines) is 2. The van der Waals surface area contributed by atoms with Crippen molar-refractivity contribution in [2.24, 2.45) is 0 Å². The Kier molecular flexibility index (Phi) is 8.08. The van der Waals surface area contributed by atoms with Crippen molar-refractivity contribution in [2.75, 3.05) is 26.2 Å². The van der Waals surface area contributed by atoms with Gasteiger partial charge in [0.15, 0.2) is 0 Å². The second-order valence-corrected chi connectivity index (χ2v) is 12.4. The molecule has 7 nitrogen and oxygen atoms in total. The first-order valence-electron chi connectivity index (χ1n) is 15.2. The molecule has 0 radical (unpaired) electrons. The van der Waals surface area contributed by atoms with Crippen molar-refractivity contribution in [3.8, 4) is 5.75 Å². The van der Waals surface area contributed by atoms with Crippen LogP contribution in [0.4, 0.5) is 0 Å². The second kappa shape index (κ2) is 11.5. The van der Waals surface area contributed by atoms with Crippen LogP contribution in [0.2, 0.25) is 0 Å². The van der Waals surface area contributed by atoms with Gasteiger partial charge in [0.05, 0.1) is 0 Å². The fourth-order valence-corrected chi connectivity index (χ4v) is 7.13. The minimum atomic E-state index is -0.788. The van der Waals surface area contributed by atoms with Crippen LogP contribution < -0.4 is 0 Å². The molecular formula is C30H46N2O5. The van der Waals surface area contributed by atoms with E-state index < -0.39 is 11.6 Å². The van der Waals surface area contributed by atoms with Gasteiger partial charge in [0.2, 0.25) is 11.6 Å². The fraction of sp³-hybridized carbons (Fsp3) is 0.800. The van der Waals surface area contributed by atoms with Gasteiger partial charge in [-0.1, -0.05) is 31.4 Å². The maximum absolute atomic E-state index is 11.4. The number of piperidine rings is 2. The van der Waals surface area contributed by atoms with Gasteiger partial charge in [0.25, 0.3) is 0 Å². The Morgan fingerprint density at radius 3 is 1.54 bits per heavy atom. The molecule has 6 rings (SSSR count). The Bertz CT molecular complexity index is 844. The van der Waals surface area contributed by atoms with E-state index in [9.17, 15) is 5.11 Å². The van der Waals surface area contributed by atoms with Gasteiger partial charge in [-0.25, -0.2) is 0 Å². The van der Waals surface area contributed by atoms with E-state index in [-0.39, 0.29) is 0 Å². The summed E-state index contributed by atoms with van der Waals surface area (Å²) in [4.78, 5) is 28.7. The molecule has 5 fully saturated rings. The summed E-state index contributed by atoms with van der Waals surface area (Å²) in [5.41, 5.74) is 3.55. The number of benzene rings is 1. The molecule has 1 aromatic carbocycles. The highest BCUT2D eigenvalue weighted by Gasteiger charge is 2.50. The van der Waals surface area contributed by atoms with E-state index in [0.717, 1.165) is 102 Å². The van der Waals surface area contributed by atoms with Crippen LogP contribution in [0.3, 0.4) is 0 Å². The molecule has 7 heteroatoms. The van der Waals surface area contributed by atoms with E-state index in [4.69, 9.17) is 19.6 Å². The van der Waals surface area contributed by atoms with Crippen molar-refractivity contribution < 1.29 is 24.7 Å². The molecule has 2 aliphatic carbocycles. The molecule has 0 amide bonds. The number of phenols is 1. The van der Waals surface area contributed by atoms with E-state index in [1.54, 1.807) is 0 Å². The quantitative estimate of drug-likeness (QED) is 0.463. The van der Waals surface area contributed by atoms with Gasteiger partial charge in [-0.05, 0) is 89.0 Å². The van der Waals surface area contributed by atoms with Crippen molar-refractivity contribution in [2.45, 2.75) is 127 Å². The SMILES string of the molecule is Oc1c(CN2CCCCC2)cc(C2CCC3(CC2)OOC2(CCCCC2)OO3)cc1CN1CCCCC1. The lowest BCUT2D eigenvalue weighted by atomic mass is 9.80. The summed E-state index contributed by atoms with van der Waals surface area (Å²) >= 11 is 0. The average molecular weight is 515 g/mol. The van der Waals surface area contributed by atoms with Crippen LogP contribution in [0.15, 0.2) is 12.1 Å². The standard InChI is InChI=1S/C30H46N2O5/c33-28-26(22-31-16-6-2-7-17-31)20-25(21-27(28)23-32-18-8-3-9-19-32)24-10-14-30(15-11-24)36-34-29(35-37-30)12-4-1-5-13-29/h20-21,24,33H,1-19,22-23H2. The summed E-state index contributed by atoms with van der Waals surface area (Å²) in [6.45, 7) is 6.22. The third kappa shape index (κ3) is 6.02. The van der Waals surface area contributed by atoms with Crippen molar-refractivity contribution >= 4 is 0 Å². The largest absolute Gasteiger partial charge is 0.507 e. The topological polar surface area (TPSA) is 63.6 Å². The van der Waals surface area contributed by atoms with Crippen LogP contribution >= 0.6 is 0 Å². The van der Waals surface area contributed by atoms with Gasteiger partial charge in [0, 0.05) is 49.9 Å². The van der Waals surface area contributed by atoms with Crippen molar-refractivity contribution in [3.63, 3.8) is 0 Å². The van der Waals surface area contributed by atoms with E-state index >= 15 is 0 Å². The van der Waals surface area contributed by atoms with Crippen LogP contribution in [0.5, 0.6) is 5.75 Å². The monoisotopic (exact) mass is 514 g/mol. The predicted molar refractivity (Wildman–Crippen MR) is 140 cm³/mol. The number of aromatic hydroxyl groups is 1. The second-order valence-electron chi connectivity index (χ2n) is 12.4. The van der Waals surface area contributed by atoms with Crippen molar-refractivity contribution in [1.29, 1.82) is 0 Å². The summed E-state index contributed by atoms with van der Waals surface area (Å²) in [5.74, 6) is -0.553. The lowest BCUT2D eigenvalue weighted by molar-refractivity contribution is -0.662. The molecule has 3 heterocycles. The van der Waals surface area contributed by atoms with Crippen molar-refractivity contribution in [1.82, 2.24) is 9.80 Å². The zero-order chi connectivity index (χ0) is 25.1. The molecule has 37 heavy (non-hydrogen) atoms. The molecular weight excluding hydrogens is 468 g/mol. The molecule has 0 aromatic heterocycles. The zero-order valence-electron chi connectivity index (χ0n) is 22.6. The zero-order valence-corrected chi connectivity index (χ0v) is 22.6. The van der Waals surface area contributed by atoms with Gasteiger partial charge in [0.1, 0.15) is 5.75 Å². The van der Waals surface area contributed by atoms with Crippen LogP contribution in [-0.2, 0) is 32.6 Å². The van der Waals surface area contributed by atoms with E-state index in [2.05, 4.69) is 21.9 Å². The summed E-state index contributed by atoms with van der Waals surface area (Å²) in [6, 6.07) is 4.58. The van der Waals surface area contributed by atoms with E-state index in [1.807, 2.05) is 0 Å². The van der Waals surface area contributed by atoms with E-state index in [0.29, 0.717) is 11.7 Å². The van der Waals surface area contributed by atoms with Crippen LogP contribution in [0.25, 0.3) is 0 Å². The van der Waals surface area contributed by atoms with Crippen LogP contribution in [0, 0.1) is 0 Å². The molecule has 1 aromatic rings. The number of nitrogens with zero attached hydrogens (tertiary/aromatic N) is 2. The summed E-state index contributed by atoms with van der Waals surface area (Å²) in [7, 11) is 0. The lowest BCUT2D eigenvalue weighted by Gasteiger charge is -2.46. The Labute approximate surface area is 222 Å². The predicted octanol–water partition coefficient (Wildman–Crippen LogP) is 6.29. The van der Waals surface area contributed by atoms with Gasteiger partial charge in [-0.2, -0.15) is 19.6 Å². The molecule has 5 aliphatic rings. The lowest BCUT2D eigenvalue weighted by Crippen LogP contribution is -2.52. The van der Waals surface area contributed by atoms with Gasteiger partial charge >= 0.3 is 0 Å². The van der Waals surface area contributed by atoms with Crippen molar-refractivity contribution in [3.05, 3.63) is 28.8 Å². The number of phenolic OH excluding ortho intramolecular Hbond substituents is 1. The number of hydrogen-bond donors (Lipinski definition) is 1. The van der Waals surface area contributed by atoms with Gasteiger partial charge in [-0.3, -0.25) is 9.80 Å². The Balaban J connectivity index is 1.15. The van der Waals surface area contributed by atoms with Gasteiger partial charge < -0.3 is 5.11 Å². The highest BCUT2D eigenvalue weighted by Crippen LogP contribution is 2.47. The fourth-order valence-electron chi connectivity index (χ4n) is 7.13. The first kappa shape index (κ1) is 26.0. The molecule has 0 atom stereocenters. The smallest absolute Gasteiger partial charge is 0.234 e. The first-order valence-corrected chi connectivity index (χ1v) is 15.2. The normalized spacial score (nSPS) is 27.6. The maximum Gasteiger partial charge on any atom is 0.234 e. The average Bonchev–Trinajstić information content (AvgIpc) is 2.95. The Hall–Kier alpha value is -1.22. The minimum Gasteiger partial charge on any atom is -0.507 e. The highest BCUT2D eigenvalue weighted by molar-refractivity contribution is 5.45. The summed E-state index contributed by atoms with van der Waals surface area (Å²) in [6.07, 6.45) is 16.2. The molecule has 2 spiro atoms.